The van der Waals surface area contributed by atoms with E-state index in [1.807, 2.05) is 6.08 Å². The number of aliphatic hydroxyl groups excluding tert-OH is 1. The predicted molar refractivity (Wildman–Crippen MR) is 73.4 cm³/mol. The highest BCUT2D eigenvalue weighted by Gasteiger charge is 2.38. The van der Waals surface area contributed by atoms with Crippen molar-refractivity contribution >= 4 is 5.91 Å². The molecule has 5 heteroatoms. The van der Waals surface area contributed by atoms with Gasteiger partial charge in [-0.2, -0.15) is 0 Å². The number of β-amino-alcohol motifs (C(OH)–C–C–N with tert-alkyl or cyclic N) is 1. The van der Waals surface area contributed by atoms with Crippen LogP contribution in [0.2, 0.25) is 0 Å². The van der Waals surface area contributed by atoms with Gasteiger partial charge in [0.1, 0.15) is 11.6 Å². The van der Waals surface area contributed by atoms with Crippen LogP contribution < -0.4 is 0 Å². The fourth-order valence-corrected chi connectivity index (χ4v) is 3.15. The van der Waals surface area contributed by atoms with Crippen LogP contribution in [-0.4, -0.2) is 28.6 Å². The Morgan fingerprint density at radius 3 is 2.86 bits per heavy atom. The first-order chi connectivity index (χ1) is 10.1. The number of benzene rings is 1. The molecule has 0 radical (unpaired) electrons. The molecular formula is C16H17F2NO2. The fourth-order valence-electron chi connectivity index (χ4n) is 3.15. The SMILES string of the molecule is O=C(C1=CCCC1)N1CC(O)CC1c1cc(F)ccc1F. The highest BCUT2D eigenvalue weighted by atomic mass is 19.1. The standard InChI is InChI=1S/C16H17F2NO2/c17-11-5-6-14(18)13(7-11)15-8-12(20)9-19(15)16(21)10-3-1-2-4-10/h3,5-7,12,15,20H,1-2,4,8-9H2. The summed E-state index contributed by atoms with van der Waals surface area (Å²) >= 11 is 0. The van der Waals surface area contributed by atoms with Crippen molar-refractivity contribution in [1.82, 2.24) is 4.90 Å². The van der Waals surface area contributed by atoms with Crippen molar-refractivity contribution < 1.29 is 18.7 Å². The average molecular weight is 293 g/mol. The molecule has 0 aromatic heterocycles. The normalized spacial score (nSPS) is 25.3. The first-order valence-corrected chi connectivity index (χ1v) is 7.19. The van der Waals surface area contributed by atoms with Gasteiger partial charge >= 0.3 is 0 Å². The van der Waals surface area contributed by atoms with Crippen LogP contribution in [0.1, 0.15) is 37.3 Å². The molecule has 1 aliphatic heterocycles. The molecule has 0 spiro atoms. The predicted octanol–water partition coefficient (Wildman–Crippen LogP) is 2.71. The smallest absolute Gasteiger partial charge is 0.250 e. The molecule has 0 saturated carbocycles. The number of likely N-dealkylation sites (tertiary alicyclic amines) is 1. The lowest BCUT2D eigenvalue weighted by atomic mass is 10.0. The molecule has 2 unspecified atom stereocenters. The highest BCUT2D eigenvalue weighted by molar-refractivity contribution is 5.94. The lowest BCUT2D eigenvalue weighted by Crippen LogP contribution is -2.33. The van der Waals surface area contributed by atoms with Crippen molar-refractivity contribution in [2.75, 3.05) is 6.54 Å². The van der Waals surface area contributed by atoms with E-state index >= 15 is 0 Å². The molecule has 1 heterocycles. The van der Waals surface area contributed by atoms with Gasteiger partial charge in [-0.15, -0.1) is 0 Å². The monoisotopic (exact) mass is 293 g/mol. The first kappa shape index (κ1) is 14.2. The van der Waals surface area contributed by atoms with Gasteiger partial charge in [0.2, 0.25) is 5.91 Å². The van der Waals surface area contributed by atoms with Crippen LogP contribution in [0.5, 0.6) is 0 Å². The zero-order chi connectivity index (χ0) is 15.0. The minimum absolute atomic E-state index is 0.137. The number of rotatable bonds is 2. The largest absolute Gasteiger partial charge is 0.391 e. The quantitative estimate of drug-likeness (QED) is 0.911. The first-order valence-electron chi connectivity index (χ1n) is 7.19. The molecule has 3 rings (SSSR count). The van der Waals surface area contributed by atoms with Crippen molar-refractivity contribution in [1.29, 1.82) is 0 Å². The molecule has 2 atom stereocenters. The van der Waals surface area contributed by atoms with Gasteiger partial charge < -0.3 is 10.0 Å². The van der Waals surface area contributed by atoms with Gasteiger partial charge in [0, 0.05) is 17.7 Å². The van der Waals surface area contributed by atoms with Gasteiger partial charge in [0.15, 0.2) is 0 Å². The van der Waals surface area contributed by atoms with Gasteiger partial charge in [-0.05, 0) is 43.9 Å². The zero-order valence-corrected chi connectivity index (χ0v) is 11.6. The number of hydrogen-bond donors (Lipinski definition) is 1. The maximum atomic E-state index is 14.0. The Morgan fingerprint density at radius 2 is 2.14 bits per heavy atom. The summed E-state index contributed by atoms with van der Waals surface area (Å²) in [7, 11) is 0. The van der Waals surface area contributed by atoms with Crippen LogP contribution in [0, 0.1) is 11.6 Å². The van der Waals surface area contributed by atoms with Crippen molar-refractivity contribution in [2.24, 2.45) is 0 Å². The second-order valence-electron chi connectivity index (χ2n) is 5.65. The molecular weight excluding hydrogens is 276 g/mol. The van der Waals surface area contributed by atoms with Gasteiger partial charge in [-0.3, -0.25) is 4.79 Å². The van der Waals surface area contributed by atoms with Crippen molar-refractivity contribution in [3.63, 3.8) is 0 Å². The van der Waals surface area contributed by atoms with Crippen LogP contribution >= 0.6 is 0 Å². The van der Waals surface area contributed by atoms with Gasteiger partial charge in [-0.1, -0.05) is 6.08 Å². The molecule has 1 saturated heterocycles. The molecule has 1 amide bonds. The zero-order valence-electron chi connectivity index (χ0n) is 11.6. The van der Waals surface area contributed by atoms with E-state index in [1.54, 1.807) is 0 Å². The Kier molecular flexibility index (Phi) is 3.76. The number of carbonyl (C=O) groups is 1. The molecule has 0 bridgehead atoms. The third kappa shape index (κ3) is 2.70. The molecule has 2 aliphatic rings. The number of nitrogens with zero attached hydrogens (tertiary/aromatic N) is 1. The minimum atomic E-state index is -0.705. The summed E-state index contributed by atoms with van der Waals surface area (Å²) in [5.41, 5.74) is 0.851. The van der Waals surface area contributed by atoms with Crippen LogP contribution in [0.4, 0.5) is 8.78 Å². The third-order valence-electron chi connectivity index (χ3n) is 4.17. The summed E-state index contributed by atoms with van der Waals surface area (Å²) in [4.78, 5) is 14.0. The molecule has 1 fully saturated rings. The second-order valence-corrected chi connectivity index (χ2v) is 5.65. The van der Waals surface area contributed by atoms with E-state index in [9.17, 15) is 18.7 Å². The number of allylic oxidation sites excluding steroid dienone is 1. The Morgan fingerprint density at radius 1 is 1.33 bits per heavy atom. The van der Waals surface area contributed by atoms with Crippen LogP contribution in [0.25, 0.3) is 0 Å². The lowest BCUT2D eigenvalue weighted by molar-refractivity contribution is -0.128. The summed E-state index contributed by atoms with van der Waals surface area (Å²) in [6.07, 6.45) is 3.95. The van der Waals surface area contributed by atoms with Gasteiger partial charge in [0.05, 0.1) is 12.1 Å². The Hall–Kier alpha value is -1.75. The number of carbonyl (C=O) groups excluding carboxylic acids is 1. The number of amides is 1. The van der Waals surface area contributed by atoms with Crippen LogP contribution in [0.3, 0.4) is 0 Å². The maximum absolute atomic E-state index is 14.0. The molecule has 21 heavy (non-hydrogen) atoms. The summed E-state index contributed by atoms with van der Waals surface area (Å²) in [5.74, 6) is -1.26. The number of hydrogen-bond acceptors (Lipinski definition) is 2. The van der Waals surface area contributed by atoms with Crippen molar-refractivity contribution in [3.05, 3.63) is 47.0 Å². The molecule has 1 aromatic carbocycles. The Labute approximate surface area is 121 Å². The molecule has 1 N–H and O–H groups in total. The number of halogens is 2. The Bertz CT molecular complexity index is 600. The molecule has 112 valence electrons. The van der Waals surface area contributed by atoms with E-state index in [4.69, 9.17) is 0 Å². The molecule has 1 aromatic rings. The summed E-state index contributed by atoms with van der Waals surface area (Å²) < 4.78 is 27.3. The topological polar surface area (TPSA) is 40.5 Å². The average Bonchev–Trinajstić information content (AvgIpc) is 3.10. The summed E-state index contributed by atoms with van der Waals surface area (Å²) in [5, 5.41) is 9.85. The highest BCUT2D eigenvalue weighted by Crippen LogP contribution is 2.36. The maximum Gasteiger partial charge on any atom is 0.250 e. The van der Waals surface area contributed by atoms with E-state index in [1.165, 1.54) is 4.90 Å². The van der Waals surface area contributed by atoms with E-state index in [-0.39, 0.29) is 24.4 Å². The van der Waals surface area contributed by atoms with Crippen LogP contribution in [-0.2, 0) is 4.79 Å². The van der Waals surface area contributed by atoms with E-state index in [0.717, 1.165) is 31.0 Å². The minimum Gasteiger partial charge on any atom is -0.391 e. The summed E-state index contributed by atoms with van der Waals surface area (Å²) in [6, 6.07) is 2.62. The van der Waals surface area contributed by atoms with E-state index < -0.39 is 23.8 Å². The molecule has 1 aliphatic carbocycles. The number of aliphatic hydroxyl groups is 1. The second kappa shape index (κ2) is 5.56. The fraction of sp³-hybridized carbons (Fsp3) is 0.438. The summed E-state index contributed by atoms with van der Waals surface area (Å²) in [6.45, 7) is 0.163. The van der Waals surface area contributed by atoms with Gasteiger partial charge in [0.25, 0.3) is 0 Å². The molecule has 3 nitrogen and oxygen atoms in total. The lowest BCUT2D eigenvalue weighted by Gasteiger charge is -2.25. The van der Waals surface area contributed by atoms with Gasteiger partial charge in [-0.25, -0.2) is 8.78 Å². The van der Waals surface area contributed by atoms with E-state index in [2.05, 4.69) is 0 Å². The van der Waals surface area contributed by atoms with Crippen LogP contribution in [0.15, 0.2) is 29.8 Å². The Balaban J connectivity index is 1.92. The van der Waals surface area contributed by atoms with E-state index in [0.29, 0.717) is 12.0 Å². The van der Waals surface area contributed by atoms with Crippen molar-refractivity contribution in [2.45, 2.75) is 37.8 Å². The van der Waals surface area contributed by atoms with Crippen molar-refractivity contribution in [3.8, 4) is 0 Å². The third-order valence-corrected chi connectivity index (χ3v) is 4.17.